The number of carbonyl (C=O) groups excluding carboxylic acids is 1. The van der Waals surface area contributed by atoms with Crippen molar-refractivity contribution in [3.8, 4) is 0 Å². The van der Waals surface area contributed by atoms with Gasteiger partial charge in [0.15, 0.2) is 5.65 Å². The lowest BCUT2D eigenvalue weighted by Crippen LogP contribution is -2.23. The van der Waals surface area contributed by atoms with Crippen molar-refractivity contribution in [2.24, 2.45) is 0 Å². The van der Waals surface area contributed by atoms with Crippen LogP contribution in [0.3, 0.4) is 0 Å². The number of hydrogen-bond donors (Lipinski definition) is 1. The predicted octanol–water partition coefficient (Wildman–Crippen LogP) is 4.66. The van der Waals surface area contributed by atoms with Crippen LogP contribution in [0.2, 0.25) is 0 Å². The Balaban J connectivity index is 1.54. The number of rotatable bonds is 6. The zero-order valence-corrected chi connectivity index (χ0v) is 17.1. The van der Waals surface area contributed by atoms with Crippen molar-refractivity contribution < 1.29 is 4.79 Å². The van der Waals surface area contributed by atoms with Crippen LogP contribution < -0.4 is 5.32 Å². The maximum atomic E-state index is 13.1. The molecule has 0 unspecified atom stereocenters. The molecule has 4 aromatic rings. The standard InChI is InChI=1S/C23H22N4OS/c1-15-21-19(23(28)24-13-18-8-5-11-29-18)12-20(17-9-10-17)25-22(21)27(26-15)14-16-6-3-2-4-7-16/h2-8,11-12,17H,9-10,13-14H2,1H3,(H,24,28). The first-order valence-electron chi connectivity index (χ1n) is 9.91. The van der Waals surface area contributed by atoms with E-state index in [2.05, 4.69) is 17.4 Å². The minimum absolute atomic E-state index is 0.0601. The van der Waals surface area contributed by atoms with Crippen LogP contribution in [0.4, 0.5) is 0 Å². The Labute approximate surface area is 173 Å². The fraction of sp³-hybridized carbons (Fsp3) is 0.261. The van der Waals surface area contributed by atoms with Gasteiger partial charge < -0.3 is 5.32 Å². The highest BCUT2D eigenvalue weighted by Gasteiger charge is 2.28. The van der Waals surface area contributed by atoms with Gasteiger partial charge in [0.25, 0.3) is 5.91 Å². The summed E-state index contributed by atoms with van der Waals surface area (Å²) in [5, 5.41) is 10.7. The molecule has 0 saturated heterocycles. The topological polar surface area (TPSA) is 59.8 Å². The number of aryl methyl sites for hydroxylation is 1. The number of aromatic nitrogens is 3. The van der Waals surface area contributed by atoms with E-state index in [1.165, 1.54) is 5.56 Å². The van der Waals surface area contributed by atoms with Gasteiger partial charge in [0.1, 0.15) is 0 Å². The smallest absolute Gasteiger partial charge is 0.252 e. The van der Waals surface area contributed by atoms with Crippen LogP contribution in [-0.4, -0.2) is 20.7 Å². The Morgan fingerprint density at radius 3 is 2.76 bits per heavy atom. The summed E-state index contributed by atoms with van der Waals surface area (Å²) in [4.78, 5) is 19.2. The number of nitrogens with one attached hydrogen (secondary N) is 1. The van der Waals surface area contributed by atoms with Crippen LogP contribution in [0.5, 0.6) is 0 Å². The number of pyridine rings is 1. The van der Waals surface area contributed by atoms with E-state index in [1.54, 1.807) is 11.3 Å². The lowest BCUT2D eigenvalue weighted by molar-refractivity contribution is 0.0952. The third kappa shape index (κ3) is 3.68. The van der Waals surface area contributed by atoms with Gasteiger partial charge in [-0.3, -0.25) is 4.79 Å². The molecule has 5 nitrogen and oxygen atoms in total. The second kappa shape index (κ2) is 7.44. The van der Waals surface area contributed by atoms with Crippen molar-refractivity contribution in [2.75, 3.05) is 0 Å². The molecule has 3 aromatic heterocycles. The molecule has 0 atom stereocenters. The summed E-state index contributed by atoms with van der Waals surface area (Å²) in [5.41, 5.74) is 4.50. The summed E-state index contributed by atoms with van der Waals surface area (Å²) in [6.07, 6.45) is 2.28. The number of carbonyl (C=O) groups is 1. The summed E-state index contributed by atoms with van der Waals surface area (Å²) in [7, 11) is 0. The molecule has 0 aliphatic heterocycles. The van der Waals surface area contributed by atoms with Crippen molar-refractivity contribution in [1.82, 2.24) is 20.1 Å². The van der Waals surface area contributed by atoms with Gasteiger partial charge in [0.05, 0.1) is 29.7 Å². The molecule has 0 radical (unpaired) electrons. The molecule has 1 aromatic carbocycles. The van der Waals surface area contributed by atoms with E-state index in [4.69, 9.17) is 10.1 Å². The number of nitrogens with zero attached hydrogens (tertiary/aromatic N) is 3. The Morgan fingerprint density at radius 1 is 1.21 bits per heavy atom. The van der Waals surface area contributed by atoms with Crippen LogP contribution in [0.25, 0.3) is 11.0 Å². The van der Waals surface area contributed by atoms with Gasteiger partial charge in [-0.25, -0.2) is 9.67 Å². The number of benzene rings is 1. The zero-order chi connectivity index (χ0) is 19.8. The Bertz CT molecular complexity index is 1160. The normalized spacial score (nSPS) is 13.7. The van der Waals surface area contributed by atoms with Crippen molar-refractivity contribution >= 4 is 28.3 Å². The molecule has 0 bridgehead atoms. The van der Waals surface area contributed by atoms with Gasteiger partial charge in [-0.1, -0.05) is 36.4 Å². The van der Waals surface area contributed by atoms with E-state index in [0.29, 0.717) is 24.6 Å². The monoisotopic (exact) mass is 402 g/mol. The molecular formula is C23H22N4OS. The highest BCUT2D eigenvalue weighted by Crippen LogP contribution is 2.40. The molecule has 6 heteroatoms. The van der Waals surface area contributed by atoms with Crippen LogP contribution in [0.1, 0.15) is 50.9 Å². The van der Waals surface area contributed by atoms with E-state index in [1.807, 2.05) is 53.4 Å². The Morgan fingerprint density at radius 2 is 2.03 bits per heavy atom. The first-order chi connectivity index (χ1) is 14.2. The van der Waals surface area contributed by atoms with Gasteiger partial charge in [-0.2, -0.15) is 5.10 Å². The van der Waals surface area contributed by atoms with E-state index in [-0.39, 0.29) is 5.91 Å². The summed E-state index contributed by atoms with van der Waals surface area (Å²) < 4.78 is 1.93. The largest absolute Gasteiger partial charge is 0.347 e. The molecule has 0 spiro atoms. The number of amides is 1. The van der Waals surface area contributed by atoms with E-state index >= 15 is 0 Å². The van der Waals surface area contributed by atoms with Gasteiger partial charge in [-0.15, -0.1) is 11.3 Å². The van der Waals surface area contributed by atoms with Crippen molar-refractivity contribution in [3.63, 3.8) is 0 Å². The number of hydrogen-bond acceptors (Lipinski definition) is 4. The van der Waals surface area contributed by atoms with Crippen LogP contribution >= 0.6 is 11.3 Å². The lowest BCUT2D eigenvalue weighted by atomic mass is 10.1. The molecule has 1 N–H and O–H groups in total. The Kier molecular flexibility index (Phi) is 4.64. The van der Waals surface area contributed by atoms with Gasteiger partial charge >= 0.3 is 0 Å². The molecular weight excluding hydrogens is 380 g/mol. The molecule has 1 aliphatic carbocycles. The lowest BCUT2D eigenvalue weighted by Gasteiger charge is -2.09. The number of fused-ring (bicyclic) bond motifs is 1. The fourth-order valence-corrected chi connectivity index (χ4v) is 4.33. The molecule has 1 aliphatic rings. The average molecular weight is 403 g/mol. The molecule has 1 amide bonds. The van der Waals surface area contributed by atoms with Crippen LogP contribution in [0, 0.1) is 6.92 Å². The van der Waals surface area contributed by atoms with Gasteiger partial charge in [0.2, 0.25) is 0 Å². The SMILES string of the molecule is Cc1nn(Cc2ccccc2)c2nc(C3CC3)cc(C(=O)NCc3cccs3)c12. The minimum Gasteiger partial charge on any atom is -0.347 e. The molecule has 3 heterocycles. The predicted molar refractivity (Wildman–Crippen MR) is 115 cm³/mol. The quantitative estimate of drug-likeness (QED) is 0.510. The van der Waals surface area contributed by atoms with E-state index < -0.39 is 0 Å². The average Bonchev–Trinajstić information content (AvgIpc) is 3.37. The van der Waals surface area contributed by atoms with Gasteiger partial charge in [0, 0.05) is 16.5 Å². The third-order valence-corrected chi connectivity index (χ3v) is 6.19. The van der Waals surface area contributed by atoms with Crippen molar-refractivity contribution in [3.05, 3.63) is 81.3 Å². The van der Waals surface area contributed by atoms with Gasteiger partial charge in [-0.05, 0) is 42.8 Å². The molecule has 29 heavy (non-hydrogen) atoms. The second-order valence-electron chi connectivity index (χ2n) is 7.56. The van der Waals surface area contributed by atoms with E-state index in [0.717, 1.165) is 40.1 Å². The fourth-order valence-electron chi connectivity index (χ4n) is 3.68. The van der Waals surface area contributed by atoms with Crippen LogP contribution in [-0.2, 0) is 13.1 Å². The zero-order valence-electron chi connectivity index (χ0n) is 16.3. The third-order valence-electron chi connectivity index (χ3n) is 5.32. The Hall–Kier alpha value is -2.99. The first kappa shape index (κ1) is 18.1. The highest BCUT2D eigenvalue weighted by molar-refractivity contribution is 7.09. The molecule has 146 valence electrons. The van der Waals surface area contributed by atoms with Crippen molar-refractivity contribution in [1.29, 1.82) is 0 Å². The molecule has 5 rings (SSSR count). The van der Waals surface area contributed by atoms with Crippen LogP contribution in [0.15, 0.2) is 53.9 Å². The highest BCUT2D eigenvalue weighted by atomic mass is 32.1. The summed E-state index contributed by atoms with van der Waals surface area (Å²) in [5.74, 6) is 0.402. The minimum atomic E-state index is -0.0601. The molecule has 1 fully saturated rings. The maximum Gasteiger partial charge on any atom is 0.252 e. The van der Waals surface area contributed by atoms with E-state index in [9.17, 15) is 4.79 Å². The summed E-state index contributed by atoms with van der Waals surface area (Å²) in [6, 6.07) is 16.2. The van der Waals surface area contributed by atoms with Crippen molar-refractivity contribution in [2.45, 2.75) is 38.8 Å². The number of thiophene rings is 1. The summed E-state index contributed by atoms with van der Waals surface area (Å²) in [6.45, 7) is 3.14. The summed E-state index contributed by atoms with van der Waals surface area (Å²) >= 11 is 1.65. The first-order valence-corrected chi connectivity index (χ1v) is 10.8. The second-order valence-corrected chi connectivity index (χ2v) is 8.59. The molecule has 1 saturated carbocycles. The maximum absolute atomic E-state index is 13.1.